The van der Waals surface area contributed by atoms with Crippen molar-refractivity contribution < 1.29 is 18.0 Å². The molecule has 3 aromatic rings. The minimum absolute atomic E-state index is 0.110. The molecule has 140 valence electrons. The van der Waals surface area contributed by atoms with Crippen molar-refractivity contribution in [2.75, 3.05) is 13.1 Å². The van der Waals surface area contributed by atoms with E-state index >= 15 is 0 Å². The summed E-state index contributed by atoms with van der Waals surface area (Å²) >= 11 is 0. The van der Waals surface area contributed by atoms with E-state index < -0.39 is 23.3 Å². The van der Waals surface area contributed by atoms with E-state index in [9.17, 15) is 18.4 Å². The molecule has 1 fully saturated rings. The van der Waals surface area contributed by atoms with Gasteiger partial charge in [-0.15, -0.1) is 0 Å². The van der Waals surface area contributed by atoms with E-state index in [0.29, 0.717) is 31.5 Å². The van der Waals surface area contributed by atoms with Gasteiger partial charge in [-0.3, -0.25) is 9.36 Å². The summed E-state index contributed by atoms with van der Waals surface area (Å²) in [6, 6.07) is 8.25. The van der Waals surface area contributed by atoms with E-state index in [0.717, 1.165) is 29.3 Å². The monoisotopic (exact) mass is 372 g/mol. The van der Waals surface area contributed by atoms with Crippen LogP contribution in [0.3, 0.4) is 0 Å². The van der Waals surface area contributed by atoms with Gasteiger partial charge < -0.3 is 9.32 Å². The molecule has 1 saturated heterocycles. The molecule has 0 aliphatic carbocycles. The maximum absolute atomic E-state index is 13.9. The highest BCUT2D eigenvalue weighted by atomic mass is 19.1. The predicted octanol–water partition coefficient (Wildman–Crippen LogP) is 3.66. The summed E-state index contributed by atoms with van der Waals surface area (Å²) in [5.41, 5.74) is 1.98. The summed E-state index contributed by atoms with van der Waals surface area (Å²) in [7, 11) is 0. The summed E-state index contributed by atoms with van der Waals surface area (Å²) < 4.78 is 34.2. The highest BCUT2D eigenvalue weighted by Crippen LogP contribution is 2.28. The smallest absolute Gasteiger partial charge is 0.408 e. The maximum atomic E-state index is 13.9. The third-order valence-electron chi connectivity index (χ3n) is 5.11. The zero-order chi connectivity index (χ0) is 19.1. The Morgan fingerprint density at radius 2 is 1.89 bits per heavy atom. The fourth-order valence-electron chi connectivity index (χ4n) is 3.75. The van der Waals surface area contributed by atoms with Gasteiger partial charge in [-0.1, -0.05) is 12.1 Å². The number of nitrogens with zero attached hydrogens (tertiary/aromatic N) is 2. The third-order valence-corrected chi connectivity index (χ3v) is 5.11. The lowest BCUT2D eigenvalue weighted by Crippen LogP contribution is -2.40. The Kier molecular flexibility index (Phi) is 4.30. The molecular weight excluding hydrogens is 354 g/mol. The Morgan fingerprint density at radius 1 is 1.15 bits per heavy atom. The highest BCUT2D eigenvalue weighted by molar-refractivity contribution is 5.94. The van der Waals surface area contributed by atoms with Crippen LogP contribution in [0.1, 0.15) is 34.8 Å². The van der Waals surface area contributed by atoms with Crippen LogP contribution in [0.2, 0.25) is 0 Å². The zero-order valence-electron chi connectivity index (χ0n) is 14.7. The number of hydrogen-bond donors (Lipinski definition) is 0. The van der Waals surface area contributed by atoms with Crippen molar-refractivity contribution in [3.05, 3.63) is 69.7 Å². The first kappa shape index (κ1) is 17.5. The number of hydrogen-bond acceptors (Lipinski definition) is 3. The fraction of sp³-hybridized carbons (Fsp3) is 0.300. The molecule has 1 aliphatic heterocycles. The average Bonchev–Trinajstić information content (AvgIpc) is 3.00. The first-order chi connectivity index (χ1) is 13.0. The van der Waals surface area contributed by atoms with Crippen LogP contribution < -0.4 is 5.76 Å². The number of aryl methyl sites for hydroxylation is 1. The number of piperidine rings is 1. The number of amides is 1. The Balaban J connectivity index is 1.56. The second-order valence-electron chi connectivity index (χ2n) is 6.81. The van der Waals surface area contributed by atoms with Crippen molar-refractivity contribution in [1.29, 1.82) is 0 Å². The van der Waals surface area contributed by atoms with Crippen LogP contribution in [0.4, 0.5) is 8.78 Å². The molecule has 0 bridgehead atoms. The number of carbonyl (C=O) groups is 1. The van der Waals surface area contributed by atoms with Crippen molar-refractivity contribution >= 4 is 17.0 Å². The van der Waals surface area contributed by atoms with Gasteiger partial charge in [0.1, 0.15) is 11.6 Å². The van der Waals surface area contributed by atoms with Gasteiger partial charge in [0.2, 0.25) is 0 Å². The van der Waals surface area contributed by atoms with Crippen LogP contribution >= 0.6 is 0 Å². The summed E-state index contributed by atoms with van der Waals surface area (Å²) in [4.78, 5) is 26.4. The van der Waals surface area contributed by atoms with Crippen LogP contribution in [0.25, 0.3) is 11.1 Å². The number of carbonyl (C=O) groups excluding carboxylic acids is 1. The van der Waals surface area contributed by atoms with Crippen molar-refractivity contribution in [2.45, 2.75) is 25.8 Å². The SMILES string of the molecule is Cc1cccc2oc(=O)n(C3CCN(C(=O)c4cc(F)ccc4F)CC3)c12. The van der Waals surface area contributed by atoms with Crippen LogP contribution in [0.15, 0.2) is 45.6 Å². The standard InChI is InChI=1S/C20H18F2N2O3/c1-12-3-2-4-17-18(12)24(20(26)27-17)14-7-9-23(10-8-14)19(25)15-11-13(21)5-6-16(15)22/h2-6,11,14H,7-10H2,1H3. The molecule has 0 spiro atoms. The molecule has 5 nitrogen and oxygen atoms in total. The van der Waals surface area contributed by atoms with E-state index in [-0.39, 0.29) is 11.6 Å². The van der Waals surface area contributed by atoms with E-state index in [4.69, 9.17) is 4.42 Å². The number of likely N-dealkylation sites (tertiary alicyclic amines) is 1. The Bertz CT molecular complexity index is 1080. The van der Waals surface area contributed by atoms with Gasteiger partial charge in [0, 0.05) is 19.1 Å². The Hall–Kier alpha value is -2.96. The molecule has 0 N–H and O–H groups in total. The predicted molar refractivity (Wildman–Crippen MR) is 95.7 cm³/mol. The van der Waals surface area contributed by atoms with Gasteiger partial charge in [0.15, 0.2) is 5.58 Å². The Labute approximate surface area is 153 Å². The molecule has 0 atom stereocenters. The summed E-state index contributed by atoms with van der Waals surface area (Å²) in [5.74, 6) is -2.34. The second kappa shape index (κ2) is 6.64. The van der Waals surface area contributed by atoms with E-state index in [2.05, 4.69) is 0 Å². The molecule has 0 saturated carbocycles. The molecule has 1 amide bonds. The molecule has 1 aromatic heterocycles. The molecule has 27 heavy (non-hydrogen) atoms. The number of benzene rings is 2. The molecule has 0 radical (unpaired) electrons. The summed E-state index contributed by atoms with van der Waals surface area (Å²) in [6.45, 7) is 2.62. The highest BCUT2D eigenvalue weighted by Gasteiger charge is 2.28. The topological polar surface area (TPSA) is 55.5 Å². The van der Waals surface area contributed by atoms with Crippen LogP contribution in [0.5, 0.6) is 0 Å². The fourth-order valence-corrected chi connectivity index (χ4v) is 3.75. The minimum atomic E-state index is -0.740. The van der Waals surface area contributed by atoms with Gasteiger partial charge in [-0.25, -0.2) is 13.6 Å². The summed E-state index contributed by atoms with van der Waals surface area (Å²) in [6.07, 6.45) is 1.07. The molecule has 1 aliphatic rings. The molecule has 7 heteroatoms. The van der Waals surface area contributed by atoms with Gasteiger partial charge in [-0.05, 0) is 49.6 Å². The largest absolute Gasteiger partial charge is 0.420 e. The lowest BCUT2D eigenvalue weighted by molar-refractivity contribution is 0.0688. The van der Waals surface area contributed by atoms with Gasteiger partial charge >= 0.3 is 5.76 Å². The van der Waals surface area contributed by atoms with Gasteiger partial charge in [0.25, 0.3) is 5.91 Å². The molecule has 2 heterocycles. The van der Waals surface area contributed by atoms with E-state index in [1.165, 1.54) is 4.90 Å². The summed E-state index contributed by atoms with van der Waals surface area (Å²) in [5, 5.41) is 0. The lowest BCUT2D eigenvalue weighted by Gasteiger charge is -2.32. The number of para-hydroxylation sites is 1. The maximum Gasteiger partial charge on any atom is 0.420 e. The van der Waals surface area contributed by atoms with Gasteiger partial charge in [-0.2, -0.15) is 0 Å². The number of rotatable bonds is 2. The van der Waals surface area contributed by atoms with Crippen molar-refractivity contribution in [2.24, 2.45) is 0 Å². The normalized spacial score (nSPS) is 15.4. The molecule has 4 rings (SSSR count). The van der Waals surface area contributed by atoms with Crippen LogP contribution in [-0.2, 0) is 0 Å². The van der Waals surface area contributed by atoms with Gasteiger partial charge in [0.05, 0.1) is 11.1 Å². The van der Waals surface area contributed by atoms with E-state index in [1.54, 1.807) is 10.6 Å². The average molecular weight is 372 g/mol. The molecular formula is C20H18F2N2O3. The van der Waals surface area contributed by atoms with E-state index in [1.807, 2.05) is 19.1 Å². The lowest BCUT2D eigenvalue weighted by atomic mass is 10.0. The van der Waals surface area contributed by atoms with Crippen LogP contribution in [-0.4, -0.2) is 28.5 Å². The number of aromatic nitrogens is 1. The Morgan fingerprint density at radius 3 is 2.63 bits per heavy atom. The number of fused-ring (bicyclic) bond motifs is 1. The minimum Gasteiger partial charge on any atom is -0.408 e. The molecule has 2 aromatic carbocycles. The van der Waals surface area contributed by atoms with Crippen LogP contribution in [0, 0.1) is 18.6 Å². The number of halogens is 2. The third kappa shape index (κ3) is 3.03. The van der Waals surface area contributed by atoms with Crippen molar-refractivity contribution in [1.82, 2.24) is 9.47 Å². The zero-order valence-corrected chi connectivity index (χ0v) is 14.7. The quantitative estimate of drug-likeness (QED) is 0.690. The first-order valence-corrected chi connectivity index (χ1v) is 8.80. The second-order valence-corrected chi connectivity index (χ2v) is 6.81. The first-order valence-electron chi connectivity index (χ1n) is 8.80. The van der Waals surface area contributed by atoms with Crippen molar-refractivity contribution in [3.8, 4) is 0 Å². The number of oxazole rings is 1. The van der Waals surface area contributed by atoms with Crippen molar-refractivity contribution in [3.63, 3.8) is 0 Å². The molecule has 0 unspecified atom stereocenters.